The van der Waals surface area contributed by atoms with E-state index in [1.54, 1.807) is 11.8 Å². The number of amidine groups is 1. The van der Waals surface area contributed by atoms with Crippen LogP contribution < -0.4 is 0 Å². The van der Waals surface area contributed by atoms with E-state index >= 15 is 0 Å². The molecule has 0 atom stereocenters. The van der Waals surface area contributed by atoms with Gasteiger partial charge in [-0.15, -0.1) is 0 Å². The van der Waals surface area contributed by atoms with Crippen LogP contribution in [0.15, 0.2) is 27.9 Å². The summed E-state index contributed by atoms with van der Waals surface area (Å²) in [4.78, 5) is 10.7. The van der Waals surface area contributed by atoms with Gasteiger partial charge in [-0.25, -0.2) is 4.98 Å². The Bertz CT molecular complexity index is 351. The zero-order chi connectivity index (χ0) is 12.0. The number of thioether (sulfide) groups is 1. The highest BCUT2D eigenvalue weighted by atomic mass is 79.9. The number of nitrogens with zero attached hydrogens (tertiary/aromatic N) is 3. The van der Waals surface area contributed by atoms with Crippen LogP contribution in [0.25, 0.3) is 0 Å². The van der Waals surface area contributed by atoms with Crippen LogP contribution in [0.4, 0.5) is 0 Å². The fourth-order valence-electron chi connectivity index (χ4n) is 1.40. The van der Waals surface area contributed by atoms with Gasteiger partial charge in [0.2, 0.25) is 0 Å². The number of halogens is 1. The average molecular weight is 302 g/mol. The monoisotopic (exact) mass is 301 g/mol. The van der Waals surface area contributed by atoms with E-state index in [9.17, 15) is 0 Å². The summed E-state index contributed by atoms with van der Waals surface area (Å²) in [5.74, 6) is 0. The van der Waals surface area contributed by atoms with Gasteiger partial charge >= 0.3 is 0 Å². The molecule has 1 rings (SSSR count). The first-order valence-electron chi connectivity index (χ1n) is 5.07. The minimum absolute atomic E-state index is 0.851. The Morgan fingerprint density at radius 3 is 2.75 bits per heavy atom. The van der Waals surface area contributed by atoms with Crippen molar-refractivity contribution >= 4 is 32.9 Å². The molecule has 0 aliphatic carbocycles. The van der Waals surface area contributed by atoms with E-state index in [2.05, 4.69) is 43.8 Å². The van der Waals surface area contributed by atoms with E-state index in [0.717, 1.165) is 22.9 Å². The molecular weight excluding hydrogens is 286 g/mol. The zero-order valence-corrected chi connectivity index (χ0v) is 12.2. The van der Waals surface area contributed by atoms with Gasteiger partial charge in [0.05, 0.1) is 0 Å². The maximum absolute atomic E-state index is 4.27. The minimum atomic E-state index is 0.851. The van der Waals surface area contributed by atoms with Crippen LogP contribution in [-0.2, 0) is 6.54 Å². The highest BCUT2D eigenvalue weighted by Crippen LogP contribution is 2.12. The van der Waals surface area contributed by atoms with Crippen molar-refractivity contribution in [2.45, 2.75) is 13.5 Å². The quantitative estimate of drug-likeness (QED) is 0.488. The third-order valence-electron chi connectivity index (χ3n) is 2.19. The maximum Gasteiger partial charge on any atom is 0.158 e. The first-order chi connectivity index (χ1) is 7.71. The lowest BCUT2D eigenvalue weighted by Crippen LogP contribution is -2.27. The van der Waals surface area contributed by atoms with Gasteiger partial charge < -0.3 is 4.90 Å². The molecular formula is C11H16BrN3S. The number of hydrogen-bond donors (Lipinski definition) is 0. The van der Waals surface area contributed by atoms with Gasteiger partial charge in [0.1, 0.15) is 4.60 Å². The van der Waals surface area contributed by atoms with Crippen LogP contribution in [-0.4, -0.2) is 34.9 Å². The topological polar surface area (TPSA) is 28.5 Å². The molecule has 0 saturated carbocycles. The molecule has 0 aliphatic rings. The van der Waals surface area contributed by atoms with E-state index in [0.29, 0.717) is 0 Å². The molecule has 1 aromatic rings. The third kappa shape index (κ3) is 3.79. The van der Waals surface area contributed by atoms with Crippen LogP contribution in [0, 0.1) is 0 Å². The Kier molecular flexibility index (Phi) is 5.84. The molecule has 0 aliphatic heterocycles. The van der Waals surface area contributed by atoms with Crippen molar-refractivity contribution in [3.8, 4) is 0 Å². The molecule has 16 heavy (non-hydrogen) atoms. The first kappa shape index (κ1) is 13.5. The van der Waals surface area contributed by atoms with Crippen LogP contribution in [0.2, 0.25) is 0 Å². The lowest BCUT2D eigenvalue weighted by Gasteiger charge is -2.22. The zero-order valence-electron chi connectivity index (χ0n) is 9.77. The van der Waals surface area contributed by atoms with Gasteiger partial charge in [-0.1, -0.05) is 17.8 Å². The Morgan fingerprint density at radius 1 is 1.56 bits per heavy atom. The number of aromatic nitrogens is 1. The third-order valence-corrected chi connectivity index (χ3v) is 3.46. The van der Waals surface area contributed by atoms with Crippen molar-refractivity contribution in [1.29, 1.82) is 0 Å². The Balaban J connectivity index is 2.73. The Morgan fingerprint density at radius 2 is 2.31 bits per heavy atom. The second kappa shape index (κ2) is 6.91. The van der Waals surface area contributed by atoms with Gasteiger partial charge in [-0.3, -0.25) is 4.99 Å². The lowest BCUT2D eigenvalue weighted by atomic mass is 10.3. The summed E-state index contributed by atoms with van der Waals surface area (Å²) in [7, 11) is 1.83. The highest BCUT2D eigenvalue weighted by Gasteiger charge is 2.08. The molecule has 0 saturated heterocycles. The summed E-state index contributed by atoms with van der Waals surface area (Å²) in [6.45, 7) is 3.93. The molecule has 0 spiro atoms. The van der Waals surface area contributed by atoms with Crippen molar-refractivity contribution in [3.63, 3.8) is 0 Å². The molecule has 0 unspecified atom stereocenters. The molecule has 0 radical (unpaired) electrons. The molecule has 0 bridgehead atoms. The minimum Gasteiger partial charge on any atom is -0.347 e. The highest BCUT2D eigenvalue weighted by molar-refractivity contribution is 9.10. The summed E-state index contributed by atoms with van der Waals surface area (Å²) in [5, 5.41) is 1.06. The molecule has 88 valence electrons. The SMILES string of the molecule is CCN(Cc1ccc(Br)nc1)C(=NC)SC. The summed E-state index contributed by atoms with van der Waals surface area (Å²) >= 11 is 5.00. The van der Waals surface area contributed by atoms with Crippen LogP contribution in [0.3, 0.4) is 0 Å². The number of aliphatic imine (C=N–C) groups is 1. The van der Waals surface area contributed by atoms with E-state index in [1.165, 1.54) is 5.56 Å². The predicted molar refractivity (Wildman–Crippen MR) is 74.9 cm³/mol. The molecule has 0 aromatic carbocycles. The van der Waals surface area contributed by atoms with Gasteiger partial charge in [0.25, 0.3) is 0 Å². The smallest absolute Gasteiger partial charge is 0.158 e. The molecule has 1 aromatic heterocycles. The molecule has 1 heterocycles. The van der Waals surface area contributed by atoms with Crippen LogP contribution in [0.1, 0.15) is 12.5 Å². The second-order valence-corrected chi connectivity index (χ2v) is 4.80. The van der Waals surface area contributed by atoms with Gasteiger partial charge in [0, 0.05) is 26.3 Å². The van der Waals surface area contributed by atoms with Crippen molar-refractivity contribution in [2.24, 2.45) is 4.99 Å². The average Bonchev–Trinajstić information content (AvgIpc) is 2.32. The number of hydrogen-bond acceptors (Lipinski definition) is 3. The van der Waals surface area contributed by atoms with Crippen molar-refractivity contribution in [1.82, 2.24) is 9.88 Å². The van der Waals surface area contributed by atoms with Crippen LogP contribution >= 0.6 is 27.7 Å². The first-order valence-corrected chi connectivity index (χ1v) is 7.09. The van der Waals surface area contributed by atoms with Crippen molar-refractivity contribution in [3.05, 3.63) is 28.5 Å². The fourth-order valence-corrected chi connectivity index (χ4v) is 2.27. The van der Waals surface area contributed by atoms with E-state index in [4.69, 9.17) is 0 Å². The normalized spacial score (nSPS) is 11.6. The summed E-state index contributed by atoms with van der Waals surface area (Å²) in [5.41, 5.74) is 1.19. The Hall–Kier alpha value is -0.550. The maximum atomic E-state index is 4.27. The number of rotatable bonds is 3. The van der Waals surface area contributed by atoms with Gasteiger partial charge in [-0.05, 0) is 40.7 Å². The molecule has 0 fully saturated rings. The summed E-state index contributed by atoms with van der Waals surface area (Å²) in [6.07, 6.45) is 3.94. The van der Waals surface area contributed by atoms with E-state index < -0.39 is 0 Å². The summed E-state index contributed by atoms with van der Waals surface area (Å²) < 4.78 is 0.869. The fraction of sp³-hybridized carbons (Fsp3) is 0.455. The summed E-state index contributed by atoms with van der Waals surface area (Å²) in [6, 6.07) is 4.04. The molecule has 0 N–H and O–H groups in total. The van der Waals surface area contributed by atoms with Crippen LogP contribution in [0.5, 0.6) is 0 Å². The lowest BCUT2D eigenvalue weighted by molar-refractivity contribution is 0.443. The predicted octanol–water partition coefficient (Wildman–Crippen LogP) is 3.01. The van der Waals surface area contributed by atoms with Gasteiger partial charge in [0.15, 0.2) is 5.17 Å². The Labute approximate surface area is 109 Å². The number of pyridine rings is 1. The second-order valence-electron chi connectivity index (χ2n) is 3.21. The van der Waals surface area contributed by atoms with Crippen molar-refractivity contribution < 1.29 is 0 Å². The standard InChI is InChI=1S/C11H16BrN3S/c1-4-15(11(13-2)16-3)8-9-5-6-10(12)14-7-9/h5-7H,4,8H2,1-3H3. The molecule has 5 heteroatoms. The van der Waals surface area contributed by atoms with Crippen molar-refractivity contribution in [2.75, 3.05) is 19.8 Å². The molecule has 3 nitrogen and oxygen atoms in total. The van der Waals surface area contributed by atoms with E-state index in [-0.39, 0.29) is 0 Å². The largest absolute Gasteiger partial charge is 0.347 e. The molecule has 0 amide bonds. The van der Waals surface area contributed by atoms with E-state index in [1.807, 2.05) is 25.6 Å². The van der Waals surface area contributed by atoms with Gasteiger partial charge in [-0.2, -0.15) is 0 Å².